The number of hydrogen-bond donors (Lipinski definition) is 2. The summed E-state index contributed by atoms with van der Waals surface area (Å²) in [5.74, 6) is 0.423. The van der Waals surface area contributed by atoms with Crippen molar-refractivity contribution in [3.8, 4) is 5.75 Å². The quantitative estimate of drug-likeness (QED) is 0.904. The summed E-state index contributed by atoms with van der Waals surface area (Å²) in [6, 6.07) is 1.83. The van der Waals surface area contributed by atoms with Crippen LogP contribution in [0.25, 0.3) is 11.0 Å². The lowest BCUT2D eigenvalue weighted by Crippen LogP contribution is -2.44. The molecule has 3 heterocycles. The number of dihydropyridines is 1. The summed E-state index contributed by atoms with van der Waals surface area (Å²) in [6.07, 6.45) is 9.31. The molecule has 120 valence electrons. The number of ether oxygens (including phenoxy) is 1. The Morgan fingerprint density at radius 1 is 1.52 bits per heavy atom. The number of methoxy groups -OCH3 is 1. The minimum Gasteiger partial charge on any atom is -0.496 e. The van der Waals surface area contributed by atoms with Crippen LogP contribution in [0.15, 0.2) is 35.6 Å². The molecule has 0 spiro atoms. The van der Waals surface area contributed by atoms with Crippen molar-refractivity contribution in [3.63, 3.8) is 0 Å². The Bertz CT molecular complexity index is 793. The van der Waals surface area contributed by atoms with Crippen LogP contribution in [0.1, 0.15) is 12.5 Å². The van der Waals surface area contributed by atoms with Gasteiger partial charge in [0.25, 0.3) is 0 Å². The number of carbonyl (C=O) groups is 1. The second kappa shape index (κ2) is 5.87. The predicted molar refractivity (Wildman–Crippen MR) is 90.1 cm³/mol. The molecule has 0 saturated heterocycles. The van der Waals surface area contributed by atoms with Crippen LogP contribution in [0, 0.1) is 5.92 Å². The number of H-pyrrole nitrogens is 1. The number of aliphatic imine (C=N–C) groups is 1. The van der Waals surface area contributed by atoms with Crippen LogP contribution < -0.4 is 10.1 Å². The van der Waals surface area contributed by atoms with Gasteiger partial charge in [0, 0.05) is 31.1 Å². The van der Waals surface area contributed by atoms with Gasteiger partial charge in [0.15, 0.2) is 0 Å². The number of carbonyl (C=O) groups excluding carboxylic acids is 1. The molecule has 2 atom stereocenters. The van der Waals surface area contributed by atoms with E-state index in [0.717, 1.165) is 22.3 Å². The highest BCUT2D eigenvalue weighted by Crippen LogP contribution is 2.42. The van der Waals surface area contributed by atoms with E-state index in [1.54, 1.807) is 26.6 Å². The zero-order valence-corrected chi connectivity index (χ0v) is 13.5. The average molecular weight is 312 g/mol. The van der Waals surface area contributed by atoms with Crippen molar-refractivity contribution in [2.45, 2.75) is 12.3 Å². The number of allylic oxidation sites excluding steroid dienone is 1. The second-order valence-corrected chi connectivity index (χ2v) is 5.66. The lowest BCUT2D eigenvalue weighted by atomic mass is 9.69. The summed E-state index contributed by atoms with van der Waals surface area (Å²) in [4.78, 5) is 24.3. The molecule has 0 radical (unpaired) electrons. The van der Waals surface area contributed by atoms with Crippen molar-refractivity contribution in [1.29, 1.82) is 0 Å². The van der Waals surface area contributed by atoms with Gasteiger partial charge in [0.05, 0.1) is 25.0 Å². The molecular formula is C17H20N4O2. The number of aromatic nitrogens is 2. The fourth-order valence-electron chi connectivity index (χ4n) is 3.24. The van der Waals surface area contributed by atoms with Gasteiger partial charge in [0.1, 0.15) is 11.4 Å². The minimum absolute atomic E-state index is 0.0241. The predicted octanol–water partition coefficient (Wildman–Crippen LogP) is 1.83. The van der Waals surface area contributed by atoms with E-state index in [4.69, 9.17) is 4.74 Å². The summed E-state index contributed by atoms with van der Waals surface area (Å²) in [7, 11) is 3.29. The van der Waals surface area contributed by atoms with E-state index < -0.39 is 5.41 Å². The number of aromatic amines is 1. The maximum atomic E-state index is 12.3. The third-order valence-corrected chi connectivity index (χ3v) is 4.61. The molecule has 0 saturated carbocycles. The van der Waals surface area contributed by atoms with Crippen LogP contribution in [0.3, 0.4) is 0 Å². The third kappa shape index (κ3) is 2.30. The smallest absolute Gasteiger partial charge is 0.223 e. The molecule has 0 bridgehead atoms. The van der Waals surface area contributed by atoms with Crippen LogP contribution >= 0.6 is 0 Å². The lowest BCUT2D eigenvalue weighted by Gasteiger charge is -2.35. The Hall–Kier alpha value is -2.63. The summed E-state index contributed by atoms with van der Waals surface area (Å²) in [6.45, 7) is 2.43. The summed E-state index contributed by atoms with van der Waals surface area (Å²) < 4.78 is 5.51. The van der Waals surface area contributed by atoms with E-state index in [2.05, 4.69) is 26.4 Å². The number of pyridine rings is 1. The fourth-order valence-corrected chi connectivity index (χ4v) is 3.24. The first-order valence-electron chi connectivity index (χ1n) is 7.54. The first-order valence-corrected chi connectivity index (χ1v) is 7.54. The topological polar surface area (TPSA) is 79.4 Å². The van der Waals surface area contributed by atoms with Crippen LogP contribution in [0.5, 0.6) is 5.75 Å². The van der Waals surface area contributed by atoms with Crippen molar-refractivity contribution >= 4 is 23.2 Å². The van der Waals surface area contributed by atoms with Crippen molar-refractivity contribution in [3.05, 3.63) is 36.2 Å². The fraction of sp³-hybridized carbons (Fsp3) is 0.353. The average Bonchev–Trinajstić information content (AvgIpc) is 3.05. The molecule has 1 amide bonds. The van der Waals surface area contributed by atoms with Gasteiger partial charge in [-0.2, -0.15) is 0 Å². The van der Waals surface area contributed by atoms with E-state index in [9.17, 15) is 4.79 Å². The van der Waals surface area contributed by atoms with Crippen molar-refractivity contribution in [2.24, 2.45) is 10.9 Å². The van der Waals surface area contributed by atoms with E-state index in [0.29, 0.717) is 6.54 Å². The van der Waals surface area contributed by atoms with Gasteiger partial charge in [-0.1, -0.05) is 13.0 Å². The Morgan fingerprint density at radius 3 is 3.00 bits per heavy atom. The van der Waals surface area contributed by atoms with Gasteiger partial charge in [-0.25, -0.2) is 4.98 Å². The first kappa shape index (κ1) is 15.3. The number of rotatable bonds is 4. The molecule has 0 aromatic carbocycles. The van der Waals surface area contributed by atoms with E-state index in [1.807, 2.05) is 25.3 Å². The Balaban J connectivity index is 2.25. The molecule has 3 rings (SSSR count). The molecule has 2 aromatic rings. The standard InChI is InChI=1S/C17H20N4O2/c1-11(16(22)18-2)17(6-4-7-19-10-17)12-9-21-15-14(12)13(23-3)5-8-20-15/h4-9,11H,10H2,1-3H3,(H,18,22)(H,20,21). The number of fused-ring (bicyclic) bond motifs is 1. The van der Waals surface area contributed by atoms with Crippen molar-refractivity contribution in [1.82, 2.24) is 15.3 Å². The normalized spacial score (nSPS) is 21.3. The lowest BCUT2D eigenvalue weighted by molar-refractivity contribution is -0.125. The largest absolute Gasteiger partial charge is 0.496 e. The first-order chi connectivity index (χ1) is 11.1. The van der Waals surface area contributed by atoms with Gasteiger partial charge in [-0.3, -0.25) is 9.79 Å². The molecule has 1 aliphatic rings. The van der Waals surface area contributed by atoms with Crippen molar-refractivity contribution in [2.75, 3.05) is 20.7 Å². The van der Waals surface area contributed by atoms with Gasteiger partial charge >= 0.3 is 0 Å². The van der Waals surface area contributed by atoms with Crippen LogP contribution in [-0.2, 0) is 10.2 Å². The highest BCUT2D eigenvalue weighted by atomic mass is 16.5. The highest BCUT2D eigenvalue weighted by Gasteiger charge is 2.42. The van der Waals surface area contributed by atoms with Crippen molar-refractivity contribution < 1.29 is 9.53 Å². The second-order valence-electron chi connectivity index (χ2n) is 5.66. The number of amides is 1. The molecule has 6 heteroatoms. The summed E-state index contributed by atoms with van der Waals surface area (Å²) >= 11 is 0. The third-order valence-electron chi connectivity index (χ3n) is 4.61. The summed E-state index contributed by atoms with van der Waals surface area (Å²) in [5, 5.41) is 3.64. The molecule has 2 unspecified atom stereocenters. The van der Waals surface area contributed by atoms with E-state index in [-0.39, 0.29) is 11.8 Å². The highest BCUT2D eigenvalue weighted by molar-refractivity contribution is 5.90. The van der Waals surface area contributed by atoms with Gasteiger partial charge in [-0.15, -0.1) is 0 Å². The van der Waals surface area contributed by atoms with Crippen LogP contribution in [0.2, 0.25) is 0 Å². The SMILES string of the molecule is CNC(=O)C(C)C1(c2c[nH]c3nccc(OC)c23)C=CC=NC1. The van der Waals surface area contributed by atoms with E-state index in [1.165, 1.54) is 0 Å². The molecule has 0 aliphatic carbocycles. The van der Waals surface area contributed by atoms with Gasteiger partial charge in [0.2, 0.25) is 5.91 Å². The number of nitrogens with zero attached hydrogens (tertiary/aromatic N) is 2. The Kier molecular flexibility index (Phi) is 3.90. The molecule has 23 heavy (non-hydrogen) atoms. The zero-order valence-electron chi connectivity index (χ0n) is 13.5. The molecule has 2 N–H and O–H groups in total. The van der Waals surface area contributed by atoms with Crippen LogP contribution in [-0.4, -0.2) is 42.8 Å². The molecule has 2 aromatic heterocycles. The molecule has 6 nitrogen and oxygen atoms in total. The maximum Gasteiger partial charge on any atom is 0.223 e. The van der Waals surface area contributed by atoms with E-state index >= 15 is 0 Å². The molecular weight excluding hydrogens is 292 g/mol. The number of hydrogen-bond acceptors (Lipinski definition) is 4. The number of nitrogens with one attached hydrogen (secondary N) is 2. The summed E-state index contributed by atoms with van der Waals surface area (Å²) in [5.41, 5.74) is 1.18. The Labute approximate surface area is 134 Å². The van der Waals surface area contributed by atoms with Crippen LogP contribution in [0.4, 0.5) is 0 Å². The van der Waals surface area contributed by atoms with Gasteiger partial charge < -0.3 is 15.0 Å². The minimum atomic E-state index is -0.538. The maximum absolute atomic E-state index is 12.3. The monoisotopic (exact) mass is 312 g/mol. The molecule has 1 aliphatic heterocycles. The van der Waals surface area contributed by atoms with Gasteiger partial charge in [-0.05, 0) is 17.7 Å². The Morgan fingerprint density at radius 2 is 2.35 bits per heavy atom. The zero-order chi connectivity index (χ0) is 16.4. The molecule has 0 fully saturated rings.